The molecule has 1 amide bonds. The Morgan fingerprint density at radius 2 is 2.24 bits per heavy atom. The van der Waals surface area contributed by atoms with Gasteiger partial charge in [-0.15, -0.1) is 24.8 Å². The minimum atomic E-state index is -0.435. The summed E-state index contributed by atoms with van der Waals surface area (Å²) in [7, 11) is 0. The van der Waals surface area contributed by atoms with Crippen LogP contribution in [0.1, 0.15) is 16.8 Å². The summed E-state index contributed by atoms with van der Waals surface area (Å²) < 4.78 is 13.5. The Labute approximate surface area is 133 Å². The number of nitrogens with zero attached hydrogens (tertiary/aromatic N) is 2. The topological polar surface area (TPSA) is 75.0 Å². The predicted molar refractivity (Wildman–Crippen MR) is 83.6 cm³/mol. The number of nitrogens with one attached hydrogen (secondary N) is 1. The molecule has 0 spiro atoms. The van der Waals surface area contributed by atoms with Gasteiger partial charge < -0.3 is 15.6 Å². The number of amides is 1. The minimum absolute atomic E-state index is 0. The molecular weight excluding hydrogens is 318 g/mol. The summed E-state index contributed by atoms with van der Waals surface area (Å²) in [5, 5.41) is 0. The largest absolute Gasteiger partial charge is 0.344 e. The third-order valence-corrected chi connectivity index (χ3v) is 3.63. The van der Waals surface area contributed by atoms with Crippen molar-refractivity contribution in [1.82, 2.24) is 14.9 Å². The number of aromatic nitrogens is 2. The van der Waals surface area contributed by atoms with Crippen molar-refractivity contribution in [2.24, 2.45) is 11.7 Å². The highest BCUT2D eigenvalue weighted by Gasteiger charge is 2.27. The molecule has 1 saturated heterocycles. The van der Waals surface area contributed by atoms with E-state index in [9.17, 15) is 9.18 Å². The van der Waals surface area contributed by atoms with Gasteiger partial charge in [-0.1, -0.05) is 0 Å². The lowest BCUT2D eigenvalue weighted by Crippen LogP contribution is -2.30. The quantitative estimate of drug-likeness (QED) is 0.881. The maximum absolute atomic E-state index is 13.5. The van der Waals surface area contributed by atoms with Crippen molar-refractivity contribution < 1.29 is 9.18 Å². The van der Waals surface area contributed by atoms with Crippen molar-refractivity contribution in [3.8, 4) is 0 Å². The molecule has 2 heterocycles. The third kappa shape index (κ3) is 3.28. The third-order valence-electron chi connectivity index (χ3n) is 3.63. The molecule has 116 valence electrons. The predicted octanol–water partition coefficient (Wildman–Crippen LogP) is 1.97. The summed E-state index contributed by atoms with van der Waals surface area (Å²) in [6.45, 7) is 1.88. The average molecular weight is 335 g/mol. The fraction of sp³-hybridized carbons (Fsp3) is 0.385. The van der Waals surface area contributed by atoms with E-state index in [-0.39, 0.29) is 30.7 Å². The van der Waals surface area contributed by atoms with Crippen molar-refractivity contribution >= 4 is 41.8 Å². The second-order valence-corrected chi connectivity index (χ2v) is 4.89. The highest BCUT2D eigenvalue weighted by molar-refractivity contribution is 6.04. The molecule has 2 aromatic rings. The molecule has 1 fully saturated rings. The van der Waals surface area contributed by atoms with Gasteiger partial charge in [0.2, 0.25) is 0 Å². The molecule has 0 aliphatic carbocycles. The van der Waals surface area contributed by atoms with Gasteiger partial charge in [-0.05, 0) is 31.0 Å². The van der Waals surface area contributed by atoms with Crippen LogP contribution in [0.3, 0.4) is 0 Å². The van der Waals surface area contributed by atoms with E-state index in [2.05, 4.69) is 9.97 Å². The van der Waals surface area contributed by atoms with Crippen LogP contribution in [0.25, 0.3) is 11.0 Å². The first-order valence-electron chi connectivity index (χ1n) is 6.31. The van der Waals surface area contributed by atoms with Gasteiger partial charge in [0.15, 0.2) is 0 Å². The number of hydrogen-bond acceptors (Lipinski definition) is 3. The van der Waals surface area contributed by atoms with Gasteiger partial charge in [-0.25, -0.2) is 9.37 Å². The minimum Gasteiger partial charge on any atom is -0.344 e. The number of fused-ring (bicyclic) bond motifs is 1. The first kappa shape index (κ1) is 17.7. The second-order valence-electron chi connectivity index (χ2n) is 4.89. The van der Waals surface area contributed by atoms with Crippen molar-refractivity contribution in [1.29, 1.82) is 0 Å². The number of aromatic amines is 1. The number of imidazole rings is 1. The number of hydrogen-bond donors (Lipinski definition) is 2. The van der Waals surface area contributed by atoms with E-state index >= 15 is 0 Å². The molecule has 3 rings (SSSR count). The van der Waals surface area contributed by atoms with Crippen LogP contribution in [0, 0.1) is 11.7 Å². The van der Waals surface area contributed by atoms with Gasteiger partial charge in [-0.2, -0.15) is 0 Å². The van der Waals surface area contributed by atoms with Crippen LogP contribution in [0.4, 0.5) is 4.39 Å². The normalized spacial score (nSPS) is 17.4. The zero-order valence-corrected chi connectivity index (χ0v) is 12.8. The number of carbonyl (C=O) groups is 1. The lowest BCUT2D eigenvalue weighted by molar-refractivity contribution is 0.0789. The van der Waals surface area contributed by atoms with Gasteiger partial charge in [0.25, 0.3) is 5.91 Å². The summed E-state index contributed by atoms with van der Waals surface area (Å²) >= 11 is 0. The first-order valence-corrected chi connectivity index (χ1v) is 6.31. The van der Waals surface area contributed by atoms with Crippen LogP contribution in [0.2, 0.25) is 0 Å². The lowest BCUT2D eigenvalue weighted by Gasteiger charge is -2.16. The van der Waals surface area contributed by atoms with Gasteiger partial charge >= 0.3 is 0 Å². The van der Waals surface area contributed by atoms with E-state index in [0.717, 1.165) is 6.42 Å². The standard InChI is InChI=1S/C13H15FN4O.2ClH/c14-9-3-10(12-11(4-9)16-7-17-12)13(19)18-2-1-8(5-15)6-18;;/h3-4,7-8H,1-2,5-6,15H2,(H,16,17);2*1H. The van der Waals surface area contributed by atoms with Crippen LogP contribution in [0.5, 0.6) is 0 Å². The average Bonchev–Trinajstić information content (AvgIpc) is 3.04. The molecule has 1 aliphatic rings. The van der Waals surface area contributed by atoms with Crippen LogP contribution in [-0.4, -0.2) is 40.4 Å². The van der Waals surface area contributed by atoms with Gasteiger partial charge in [0.1, 0.15) is 11.3 Å². The zero-order valence-electron chi connectivity index (χ0n) is 11.2. The van der Waals surface area contributed by atoms with E-state index < -0.39 is 5.82 Å². The fourth-order valence-electron chi connectivity index (χ4n) is 2.56. The second kappa shape index (κ2) is 7.06. The fourth-order valence-corrected chi connectivity index (χ4v) is 2.56. The summed E-state index contributed by atoms with van der Waals surface area (Å²) in [4.78, 5) is 21.1. The number of nitrogens with two attached hydrogens (primary N) is 1. The SMILES string of the molecule is Cl.Cl.NCC1CCN(C(=O)c2cc(F)cc3[nH]cnc23)C1. The van der Waals surface area contributed by atoms with Crippen molar-refractivity contribution in [2.45, 2.75) is 6.42 Å². The van der Waals surface area contributed by atoms with Gasteiger partial charge in [-0.3, -0.25) is 4.79 Å². The van der Waals surface area contributed by atoms with Crippen molar-refractivity contribution in [2.75, 3.05) is 19.6 Å². The van der Waals surface area contributed by atoms with Crippen LogP contribution < -0.4 is 5.73 Å². The number of benzene rings is 1. The van der Waals surface area contributed by atoms with Crippen molar-refractivity contribution in [3.63, 3.8) is 0 Å². The lowest BCUT2D eigenvalue weighted by atomic mass is 10.1. The summed E-state index contributed by atoms with van der Waals surface area (Å²) in [6, 6.07) is 2.59. The number of carbonyl (C=O) groups excluding carboxylic acids is 1. The summed E-state index contributed by atoms with van der Waals surface area (Å²) in [5.74, 6) is -0.269. The molecule has 0 radical (unpaired) electrons. The molecule has 0 bridgehead atoms. The highest BCUT2D eigenvalue weighted by Crippen LogP contribution is 2.22. The van der Waals surface area contributed by atoms with Crippen LogP contribution >= 0.6 is 24.8 Å². The molecule has 5 nitrogen and oxygen atoms in total. The molecule has 1 atom stereocenters. The van der Waals surface area contributed by atoms with E-state index in [4.69, 9.17) is 5.73 Å². The smallest absolute Gasteiger partial charge is 0.256 e. The molecule has 3 N–H and O–H groups in total. The Kier molecular flexibility index (Phi) is 5.95. The molecule has 21 heavy (non-hydrogen) atoms. The summed E-state index contributed by atoms with van der Waals surface area (Å²) in [5.41, 5.74) is 6.99. The molecule has 1 aliphatic heterocycles. The Morgan fingerprint density at radius 1 is 1.48 bits per heavy atom. The first-order chi connectivity index (χ1) is 9.19. The van der Waals surface area contributed by atoms with Crippen LogP contribution in [0.15, 0.2) is 18.5 Å². The van der Waals surface area contributed by atoms with Gasteiger partial charge in [0, 0.05) is 13.1 Å². The Bertz CT molecular complexity index is 634. The zero-order chi connectivity index (χ0) is 13.4. The Balaban J connectivity index is 0.00000110. The van der Waals surface area contributed by atoms with E-state index in [0.29, 0.717) is 42.1 Å². The van der Waals surface area contributed by atoms with Crippen LogP contribution in [-0.2, 0) is 0 Å². The number of likely N-dealkylation sites (tertiary alicyclic amines) is 1. The molecule has 1 aromatic carbocycles. The summed E-state index contributed by atoms with van der Waals surface area (Å²) in [6.07, 6.45) is 2.37. The number of rotatable bonds is 2. The number of H-pyrrole nitrogens is 1. The molecule has 1 unspecified atom stereocenters. The van der Waals surface area contributed by atoms with E-state index in [1.165, 1.54) is 18.5 Å². The van der Waals surface area contributed by atoms with Crippen molar-refractivity contribution in [3.05, 3.63) is 29.8 Å². The van der Waals surface area contributed by atoms with E-state index in [1.54, 1.807) is 4.90 Å². The molecule has 0 saturated carbocycles. The number of halogens is 3. The maximum atomic E-state index is 13.5. The van der Waals surface area contributed by atoms with Gasteiger partial charge in [0.05, 0.1) is 17.4 Å². The molecule has 8 heteroatoms. The Morgan fingerprint density at radius 3 is 2.90 bits per heavy atom. The van der Waals surface area contributed by atoms with E-state index in [1.807, 2.05) is 0 Å². The molecule has 1 aromatic heterocycles. The monoisotopic (exact) mass is 334 g/mol. The maximum Gasteiger partial charge on any atom is 0.256 e. The molecular formula is C13H17Cl2FN4O. The highest BCUT2D eigenvalue weighted by atomic mass is 35.5. The Hall–Kier alpha value is -1.37.